The van der Waals surface area contributed by atoms with Crippen LogP contribution in [0.1, 0.15) is 43.5 Å². The summed E-state index contributed by atoms with van der Waals surface area (Å²) in [6, 6.07) is 15.3. The Morgan fingerprint density at radius 2 is 1.63 bits per heavy atom. The highest BCUT2D eigenvalue weighted by atomic mass is 14.7. The molecule has 1 atom stereocenters. The molecule has 0 heterocycles. The van der Waals surface area contributed by atoms with Crippen LogP contribution in [0.4, 0.5) is 0 Å². The van der Waals surface area contributed by atoms with Gasteiger partial charge in [-0.2, -0.15) is 0 Å². The van der Waals surface area contributed by atoms with Crippen molar-refractivity contribution in [3.05, 3.63) is 59.2 Å². The topological polar surface area (TPSA) is 26.0 Å². The quantitative estimate of drug-likeness (QED) is 0.803. The Kier molecular flexibility index (Phi) is 2.75. The minimum Gasteiger partial charge on any atom is -0.320 e. The molecule has 1 heteroatoms. The van der Waals surface area contributed by atoms with Crippen LogP contribution in [0.5, 0.6) is 0 Å². The van der Waals surface area contributed by atoms with Gasteiger partial charge in [0, 0.05) is 0 Å². The van der Waals surface area contributed by atoms with Crippen LogP contribution in [-0.4, -0.2) is 0 Å². The molecule has 0 radical (unpaired) electrons. The zero-order chi connectivity index (χ0) is 13.6. The van der Waals surface area contributed by atoms with Crippen LogP contribution in [0.3, 0.4) is 0 Å². The molecule has 0 bridgehead atoms. The summed E-state index contributed by atoms with van der Waals surface area (Å²) in [5.74, 6) is 0. The zero-order valence-corrected chi connectivity index (χ0v) is 11.9. The van der Waals surface area contributed by atoms with Crippen molar-refractivity contribution in [3.8, 4) is 11.1 Å². The molecule has 0 saturated heterocycles. The highest BCUT2D eigenvalue weighted by Gasteiger charge is 2.25. The van der Waals surface area contributed by atoms with Gasteiger partial charge in [0.1, 0.15) is 0 Å². The van der Waals surface area contributed by atoms with Crippen molar-refractivity contribution in [2.75, 3.05) is 0 Å². The number of fused-ring (bicyclic) bond motifs is 3. The van der Waals surface area contributed by atoms with Gasteiger partial charge in [0.2, 0.25) is 0 Å². The number of hydrogen-bond donors (Lipinski definition) is 1. The molecule has 98 valence electrons. The Balaban J connectivity index is 2.05. The standard InChI is InChI=1S/C18H21N/c1-18(2,3)11-12-8-9-14-13-6-4-5-7-15(13)17(19)16(14)10-12/h4-10,17H,11,19H2,1-3H3. The molecule has 0 amide bonds. The van der Waals surface area contributed by atoms with Crippen molar-refractivity contribution in [1.29, 1.82) is 0 Å². The predicted molar refractivity (Wildman–Crippen MR) is 81.1 cm³/mol. The highest BCUT2D eigenvalue weighted by molar-refractivity contribution is 5.78. The van der Waals surface area contributed by atoms with Gasteiger partial charge in [-0.1, -0.05) is 63.2 Å². The Bertz CT molecular complexity index is 620. The van der Waals surface area contributed by atoms with E-state index < -0.39 is 0 Å². The third kappa shape index (κ3) is 2.19. The molecular weight excluding hydrogens is 230 g/mol. The van der Waals surface area contributed by atoms with Crippen LogP contribution >= 0.6 is 0 Å². The maximum absolute atomic E-state index is 6.39. The molecule has 1 nitrogen and oxygen atoms in total. The molecule has 0 aromatic heterocycles. The number of hydrogen-bond acceptors (Lipinski definition) is 1. The van der Waals surface area contributed by atoms with E-state index >= 15 is 0 Å². The van der Waals surface area contributed by atoms with E-state index in [4.69, 9.17) is 5.73 Å². The normalized spacial score (nSPS) is 17.2. The van der Waals surface area contributed by atoms with Crippen molar-refractivity contribution >= 4 is 0 Å². The molecule has 2 N–H and O–H groups in total. The van der Waals surface area contributed by atoms with Gasteiger partial charge >= 0.3 is 0 Å². The molecule has 0 fully saturated rings. The Morgan fingerprint density at radius 1 is 0.947 bits per heavy atom. The summed E-state index contributed by atoms with van der Waals surface area (Å²) in [6.45, 7) is 6.82. The van der Waals surface area contributed by atoms with Crippen molar-refractivity contribution in [2.45, 2.75) is 33.2 Å². The molecule has 2 aromatic carbocycles. The van der Waals surface area contributed by atoms with Gasteiger partial charge in [0.05, 0.1) is 6.04 Å². The monoisotopic (exact) mass is 251 g/mol. The first kappa shape index (κ1) is 12.4. The lowest BCUT2D eigenvalue weighted by atomic mass is 9.87. The van der Waals surface area contributed by atoms with Crippen LogP contribution in [0.2, 0.25) is 0 Å². The minimum absolute atomic E-state index is 0.0334. The molecule has 0 spiro atoms. The van der Waals surface area contributed by atoms with Crippen LogP contribution in [0.15, 0.2) is 42.5 Å². The lowest BCUT2D eigenvalue weighted by Gasteiger charge is -2.19. The predicted octanol–water partition coefficient (Wildman–Crippen LogP) is 4.30. The molecule has 0 aliphatic heterocycles. The van der Waals surface area contributed by atoms with Crippen molar-refractivity contribution < 1.29 is 0 Å². The van der Waals surface area contributed by atoms with Gasteiger partial charge in [-0.15, -0.1) is 0 Å². The van der Waals surface area contributed by atoms with E-state index in [1.54, 1.807) is 0 Å². The zero-order valence-electron chi connectivity index (χ0n) is 11.9. The first-order chi connectivity index (χ1) is 8.96. The molecule has 3 rings (SSSR count). The Hall–Kier alpha value is -1.60. The second kappa shape index (κ2) is 4.21. The molecule has 1 unspecified atom stereocenters. The fourth-order valence-electron chi connectivity index (χ4n) is 3.02. The fraction of sp³-hybridized carbons (Fsp3) is 0.333. The molecular formula is C18H21N. The molecule has 1 aliphatic rings. The van der Waals surface area contributed by atoms with Gasteiger partial charge in [-0.25, -0.2) is 0 Å². The lowest BCUT2D eigenvalue weighted by molar-refractivity contribution is 0.411. The van der Waals surface area contributed by atoms with Crippen molar-refractivity contribution in [3.63, 3.8) is 0 Å². The van der Waals surface area contributed by atoms with Gasteiger partial charge in [0.15, 0.2) is 0 Å². The van der Waals surface area contributed by atoms with Crippen LogP contribution in [0, 0.1) is 5.41 Å². The van der Waals surface area contributed by atoms with Crippen molar-refractivity contribution in [2.24, 2.45) is 11.1 Å². The molecule has 0 saturated carbocycles. The van der Waals surface area contributed by atoms with Gasteiger partial charge < -0.3 is 5.73 Å². The Labute approximate surface area is 115 Å². The SMILES string of the molecule is CC(C)(C)Cc1ccc2c(c1)C(N)c1ccccc1-2. The van der Waals surface area contributed by atoms with Crippen molar-refractivity contribution in [1.82, 2.24) is 0 Å². The average molecular weight is 251 g/mol. The van der Waals surface area contributed by atoms with E-state index in [2.05, 4.69) is 63.2 Å². The van der Waals surface area contributed by atoms with E-state index in [1.165, 1.54) is 27.8 Å². The first-order valence-electron chi connectivity index (χ1n) is 6.93. The fourth-order valence-corrected chi connectivity index (χ4v) is 3.02. The summed E-state index contributed by atoms with van der Waals surface area (Å²) in [5, 5.41) is 0. The highest BCUT2D eigenvalue weighted by Crippen LogP contribution is 2.42. The molecule has 2 aromatic rings. The average Bonchev–Trinajstić information content (AvgIpc) is 2.62. The van der Waals surface area contributed by atoms with E-state index in [-0.39, 0.29) is 6.04 Å². The number of nitrogens with two attached hydrogens (primary N) is 1. The third-order valence-corrected chi connectivity index (χ3v) is 3.77. The second-order valence-corrected chi connectivity index (χ2v) is 6.72. The van der Waals surface area contributed by atoms with E-state index in [1.807, 2.05) is 0 Å². The third-order valence-electron chi connectivity index (χ3n) is 3.77. The van der Waals surface area contributed by atoms with Crippen LogP contribution < -0.4 is 5.73 Å². The van der Waals surface area contributed by atoms with Gasteiger partial charge in [-0.3, -0.25) is 0 Å². The summed E-state index contributed by atoms with van der Waals surface area (Å²) < 4.78 is 0. The van der Waals surface area contributed by atoms with Gasteiger partial charge in [0.25, 0.3) is 0 Å². The number of benzene rings is 2. The van der Waals surface area contributed by atoms with E-state index in [0.717, 1.165) is 6.42 Å². The minimum atomic E-state index is 0.0334. The first-order valence-corrected chi connectivity index (χ1v) is 6.93. The maximum Gasteiger partial charge on any atom is 0.0564 e. The summed E-state index contributed by atoms with van der Waals surface area (Å²) in [5.41, 5.74) is 13.2. The van der Waals surface area contributed by atoms with E-state index in [9.17, 15) is 0 Å². The summed E-state index contributed by atoms with van der Waals surface area (Å²) in [4.78, 5) is 0. The van der Waals surface area contributed by atoms with Gasteiger partial charge in [-0.05, 0) is 39.7 Å². The summed E-state index contributed by atoms with van der Waals surface area (Å²) in [7, 11) is 0. The lowest BCUT2D eigenvalue weighted by Crippen LogP contribution is -2.11. The number of rotatable bonds is 1. The molecule has 1 aliphatic carbocycles. The molecule has 19 heavy (non-hydrogen) atoms. The smallest absolute Gasteiger partial charge is 0.0564 e. The second-order valence-electron chi connectivity index (χ2n) is 6.72. The summed E-state index contributed by atoms with van der Waals surface area (Å²) in [6.07, 6.45) is 1.09. The Morgan fingerprint density at radius 3 is 2.37 bits per heavy atom. The van der Waals surface area contributed by atoms with E-state index in [0.29, 0.717) is 5.41 Å². The van der Waals surface area contributed by atoms with Crippen LogP contribution in [-0.2, 0) is 6.42 Å². The summed E-state index contributed by atoms with van der Waals surface area (Å²) >= 11 is 0. The largest absolute Gasteiger partial charge is 0.320 e. The van der Waals surface area contributed by atoms with Crippen LogP contribution in [0.25, 0.3) is 11.1 Å². The maximum atomic E-state index is 6.39.